The first kappa shape index (κ1) is 7.51. The zero-order valence-corrected chi connectivity index (χ0v) is 5.70. The molecule has 0 bridgehead atoms. The molecule has 0 fully saturated rings. The molecule has 0 amide bonds. The van der Waals surface area contributed by atoms with Crippen molar-refractivity contribution in [1.29, 1.82) is 0 Å². The molecule has 0 aromatic carbocycles. The number of hydrogen-bond donors (Lipinski definition) is 0. The molecule has 0 spiro atoms. The molecule has 0 aliphatic rings. The van der Waals surface area contributed by atoms with E-state index < -0.39 is 0 Å². The van der Waals surface area contributed by atoms with Crippen molar-refractivity contribution < 1.29 is 0 Å². The van der Waals surface area contributed by atoms with Crippen LogP contribution in [-0.2, 0) is 0 Å². The van der Waals surface area contributed by atoms with Crippen molar-refractivity contribution in [1.82, 2.24) is 0 Å². The van der Waals surface area contributed by atoms with Crippen molar-refractivity contribution >= 4 is 11.6 Å². The first-order valence-electron chi connectivity index (χ1n) is 2.32. The summed E-state index contributed by atoms with van der Waals surface area (Å²) in [5, 5.41) is 0.544. The van der Waals surface area contributed by atoms with Gasteiger partial charge >= 0.3 is 0 Å². The highest BCUT2D eigenvalue weighted by Gasteiger charge is 1.79. The van der Waals surface area contributed by atoms with Crippen molar-refractivity contribution in [2.75, 3.05) is 0 Å². The van der Waals surface area contributed by atoms with E-state index in [0.29, 0.717) is 5.03 Å². The van der Waals surface area contributed by atoms with E-state index in [4.69, 9.17) is 11.6 Å². The Balaban J connectivity index is 3.94. The summed E-state index contributed by atoms with van der Waals surface area (Å²) in [5.74, 6) is 0. The predicted octanol–water partition coefficient (Wildman–Crippen LogP) is 2.87. The van der Waals surface area contributed by atoms with E-state index in [9.17, 15) is 0 Å². The Hall–Kier alpha value is -0.490. The van der Waals surface area contributed by atoms with E-state index in [1.54, 1.807) is 12.2 Å². The van der Waals surface area contributed by atoms with E-state index >= 15 is 0 Å². The van der Waals surface area contributed by atoms with E-state index in [0.717, 1.165) is 5.57 Å². The molecular weight excluding hydrogens is 120 g/mol. The standard InChI is InChI=1S/C7H9Cl/c1-4-6(2)5-7(3)8/h4-5H,1,3H2,2H3/b6-5+. The van der Waals surface area contributed by atoms with Gasteiger partial charge in [-0.25, -0.2) is 0 Å². The molecule has 8 heavy (non-hydrogen) atoms. The van der Waals surface area contributed by atoms with Crippen LogP contribution in [0, 0.1) is 0 Å². The molecule has 0 nitrogen and oxygen atoms in total. The lowest BCUT2D eigenvalue weighted by molar-refractivity contribution is 1.53. The van der Waals surface area contributed by atoms with Crippen molar-refractivity contribution in [3.63, 3.8) is 0 Å². The summed E-state index contributed by atoms with van der Waals surface area (Å²) in [4.78, 5) is 0. The summed E-state index contributed by atoms with van der Waals surface area (Å²) in [6.07, 6.45) is 3.49. The van der Waals surface area contributed by atoms with Crippen molar-refractivity contribution in [2.24, 2.45) is 0 Å². The highest BCUT2D eigenvalue weighted by molar-refractivity contribution is 6.30. The molecule has 0 aromatic rings. The summed E-state index contributed by atoms with van der Waals surface area (Å²) in [6.45, 7) is 8.95. The van der Waals surface area contributed by atoms with Crippen LogP contribution in [0.1, 0.15) is 6.92 Å². The molecule has 0 N–H and O–H groups in total. The zero-order chi connectivity index (χ0) is 6.57. The minimum Gasteiger partial charge on any atom is -0.0988 e. The fraction of sp³-hybridized carbons (Fsp3) is 0.143. The minimum atomic E-state index is 0.544. The monoisotopic (exact) mass is 128 g/mol. The molecule has 0 saturated carbocycles. The van der Waals surface area contributed by atoms with E-state index in [1.165, 1.54) is 0 Å². The molecule has 0 atom stereocenters. The molecule has 0 heterocycles. The molecule has 0 radical (unpaired) electrons. The maximum Gasteiger partial charge on any atom is 0.0336 e. The Morgan fingerprint density at radius 2 is 2.12 bits per heavy atom. The maximum atomic E-state index is 5.43. The second-order valence-corrected chi connectivity index (χ2v) is 2.02. The van der Waals surface area contributed by atoms with Crippen LogP contribution in [0.2, 0.25) is 0 Å². The summed E-state index contributed by atoms with van der Waals surface area (Å²) in [5.41, 5.74) is 1.03. The van der Waals surface area contributed by atoms with Gasteiger partial charge in [-0.05, 0) is 13.0 Å². The van der Waals surface area contributed by atoms with Gasteiger partial charge in [0.05, 0.1) is 0 Å². The summed E-state index contributed by atoms with van der Waals surface area (Å²) in [7, 11) is 0. The lowest BCUT2D eigenvalue weighted by Gasteiger charge is -1.85. The van der Waals surface area contributed by atoms with Crippen molar-refractivity contribution in [3.05, 3.63) is 35.9 Å². The van der Waals surface area contributed by atoms with Gasteiger partial charge in [-0.15, -0.1) is 0 Å². The van der Waals surface area contributed by atoms with Crippen LogP contribution in [0.3, 0.4) is 0 Å². The normalized spacial score (nSPS) is 11.0. The Bertz CT molecular complexity index is 131. The highest BCUT2D eigenvalue weighted by Crippen LogP contribution is 2.03. The summed E-state index contributed by atoms with van der Waals surface area (Å²) in [6, 6.07) is 0. The average Bonchev–Trinajstić information content (AvgIpc) is 1.65. The van der Waals surface area contributed by atoms with E-state index in [1.807, 2.05) is 6.92 Å². The third-order valence-corrected chi connectivity index (χ3v) is 0.815. The first-order valence-corrected chi connectivity index (χ1v) is 2.69. The molecule has 0 rings (SSSR count). The number of rotatable bonds is 2. The van der Waals surface area contributed by atoms with Crippen molar-refractivity contribution in [2.45, 2.75) is 6.92 Å². The van der Waals surface area contributed by atoms with Gasteiger partial charge in [0.2, 0.25) is 0 Å². The molecule has 1 heteroatoms. The first-order chi connectivity index (χ1) is 3.66. The SMILES string of the molecule is C=C/C(C)=C/C(=C)Cl. The molecule has 44 valence electrons. The highest BCUT2D eigenvalue weighted by atomic mass is 35.5. The van der Waals surface area contributed by atoms with E-state index in [2.05, 4.69) is 13.2 Å². The van der Waals surface area contributed by atoms with Gasteiger partial charge in [0.25, 0.3) is 0 Å². The van der Waals surface area contributed by atoms with Gasteiger partial charge in [0.1, 0.15) is 0 Å². The fourth-order valence-corrected chi connectivity index (χ4v) is 0.478. The molecule has 0 aliphatic heterocycles. The second kappa shape index (κ2) is 3.50. The van der Waals surface area contributed by atoms with Gasteiger partial charge in [-0.1, -0.05) is 36.4 Å². The molecule has 0 aliphatic carbocycles. The topological polar surface area (TPSA) is 0 Å². The van der Waals surface area contributed by atoms with Gasteiger partial charge in [-0.2, -0.15) is 0 Å². The van der Waals surface area contributed by atoms with Gasteiger partial charge in [0.15, 0.2) is 0 Å². The summed E-state index contributed by atoms with van der Waals surface area (Å²) >= 11 is 5.43. The Labute approximate surface area is 55.2 Å². The summed E-state index contributed by atoms with van der Waals surface area (Å²) < 4.78 is 0. The van der Waals surface area contributed by atoms with Gasteiger partial charge in [-0.3, -0.25) is 0 Å². The fourth-order valence-electron chi connectivity index (χ4n) is 0.306. The maximum absolute atomic E-state index is 5.43. The third kappa shape index (κ3) is 3.69. The largest absolute Gasteiger partial charge is 0.0988 e. The van der Waals surface area contributed by atoms with Gasteiger partial charge in [0, 0.05) is 5.03 Å². The van der Waals surface area contributed by atoms with Crippen LogP contribution in [0.25, 0.3) is 0 Å². The number of halogens is 1. The van der Waals surface area contributed by atoms with Crippen LogP contribution < -0.4 is 0 Å². The number of allylic oxidation sites excluding steroid dienone is 4. The van der Waals surface area contributed by atoms with Crippen molar-refractivity contribution in [3.8, 4) is 0 Å². The lowest BCUT2D eigenvalue weighted by Crippen LogP contribution is -1.64. The van der Waals surface area contributed by atoms with Crippen LogP contribution in [0.5, 0.6) is 0 Å². The molecule has 0 unspecified atom stereocenters. The average molecular weight is 129 g/mol. The predicted molar refractivity (Wildman–Crippen MR) is 38.9 cm³/mol. The third-order valence-electron chi connectivity index (χ3n) is 0.706. The Morgan fingerprint density at radius 3 is 2.25 bits per heavy atom. The van der Waals surface area contributed by atoms with Crippen LogP contribution in [-0.4, -0.2) is 0 Å². The quantitative estimate of drug-likeness (QED) is 0.502. The van der Waals surface area contributed by atoms with Gasteiger partial charge < -0.3 is 0 Å². The van der Waals surface area contributed by atoms with E-state index in [-0.39, 0.29) is 0 Å². The number of hydrogen-bond acceptors (Lipinski definition) is 0. The Morgan fingerprint density at radius 1 is 1.62 bits per heavy atom. The van der Waals surface area contributed by atoms with Crippen LogP contribution in [0.15, 0.2) is 35.9 Å². The minimum absolute atomic E-state index is 0.544. The lowest BCUT2D eigenvalue weighted by atomic mass is 10.3. The molecular formula is C7H9Cl. The second-order valence-electron chi connectivity index (χ2n) is 1.54. The molecule has 0 aromatic heterocycles. The van der Waals surface area contributed by atoms with Crippen LogP contribution in [0.4, 0.5) is 0 Å². The molecule has 0 saturated heterocycles. The van der Waals surface area contributed by atoms with Crippen LogP contribution >= 0.6 is 11.6 Å². The smallest absolute Gasteiger partial charge is 0.0336 e. The Kier molecular flexibility index (Phi) is 3.29. The zero-order valence-electron chi connectivity index (χ0n) is 4.95.